The molecule has 5 heteroatoms. The van der Waals surface area contributed by atoms with E-state index in [-0.39, 0.29) is 0 Å². The lowest BCUT2D eigenvalue weighted by Crippen LogP contribution is -2.45. The van der Waals surface area contributed by atoms with E-state index < -0.39 is 0 Å². The van der Waals surface area contributed by atoms with Crippen molar-refractivity contribution in [2.24, 2.45) is 0 Å². The predicted octanol–water partition coefficient (Wildman–Crippen LogP) is 11.6. The quantitative estimate of drug-likeness (QED) is 0.174. The van der Waals surface area contributed by atoms with E-state index in [1.807, 2.05) is 24.8 Å². The molecular formula is C49H35N5. The molecule has 0 atom stereocenters. The summed E-state index contributed by atoms with van der Waals surface area (Å²) in [6.45, 7) is 1.93. The lowest BCUT2D eigenvalue weighted by atomic mass is 9.86. The Morgan fingerprint density at radius 3 is 1.44 bits per heavy atom. The number of anilines is 1. The summed E-state index contributed by atoms with van der Waals surface area (Å²) < 4.78 is 4.83. The van der Waals surface area contributed by atoms with Gasteiger partial charge in [0.1, 0.15) is 0 Å². The smallest absolute Gasteiger partial charge is 0.0542 e. The van der Waals surface area contributed by atoms with Crippen molar-refractivity contribution < 1.29 is 0 Å². The van der Waals surface area contributed by atoms with Gasteiger partial charge < -0.3 is 14.0 Å². The van der Waals surface area contributed by atoms with Crippen molar-refractivity contribution in [3.05, 3.63) is 188 Å². The SMILES string of the molecule is c1ccc(-n2c3ccc(N4CC(c5cc(-c6ccncc6)cc(-c6ccncc6)c5)C4)cc3c3cc(-n4c5ccccc5c5ccccc54)ccc32)cc1. The van der Waals surface area contributed by atoms with Crippen molar-refractivity contribution in [2.75, 3.05) is 18.0 Å². The Kier molecular flexibility index (Phi) is 6.99. The molecule has 6 aromatic carbocycles. The molecule has 0 saturated carbocycles. The highest BCUT2D eigenvalue weighted by Crippen LogP contribution is 2.41. The molecule has 0 bridgehead atoms. The maximum atomic E-state index is 4.26. The molecule has 5 heterocycles. The molecule has 0 aliphatic carbocycles. The molecule has 0 unspecified atom stereocenters. The zero-order valence-corrected chi connectivity index (χ0v) is 29.5. The standard InChI is InChI=1S/C49H35N5/c1-2-8-39(9-3-1)53-48-16-14-40(52-31-38(32-52)37-27-35(33-18-22-50-23-19-33)26-36(28-37)34-20-24-51-25-21-34)29-44(48)45-30-41(15-17-49(45)53)54-46-12-6-4-10-42(46)43-11-5-7-13-47(43)54/h1-30,38H,31-32H2. The third-order valence-electron chi connectivity index (χ3n) is 11.3. The van der Waals surface area contributed by atoms with Gasteiger partial charge in [-0.2, -0.15) is 0 Å². The van der Waals surface area contributed by atoms with Crippen molar-refractivity contribution in [1.29, 1.82) is 0 Å². The first-order chi connectivity index (χ1) is 26.8. The Morgan fingerprint density at radius 2 is 0.852 bits per heavy atom. The third kappa shape index (κ3) is 4.93. The van der Waals surface area contributed by atoms with Crippen molar-refractivity contribution in [3.63, 3.8) is 0 Å². The molecule has 4 aromatic heterocycles. The fraction of sp³-hybridized carbons (Fsp3) is 0.0612. The van der Waals surface area contributed by atoms with Gasteiger partial charge in [0.15, 0.2) is 0 Å². The summed E-state index contributed by atoms with van der Waals surface area (Å²) in [5.74, 6) is 0.427. The van der Waals surface area contributed by atoms with E-state index in [1.54, 1.807) is 0 Å². The Bertz CT molecular complexity index is 2880. The summed E-state index contributed by atoms with van der Waals surface area (Å²) in [6.07, 6.45) is 7.48. The number of aromatic nitrogens is 4. The maximum Gasteiger partial charge on any atom is 0.0542 e. The van der Waals surface area contributed by atoms with Crippen LogP contribution in [0, 0.1) is 0 Å². The molecule has 1 aliphatic heterocycles. The second kappa shape index (κ2) is 12.3. The second-order valence-electron chi connectivity index (χ2n) is 14.4. The number of para-hydroxylation sites is 3. The monoisotopic (exact) mass is 693 g/mol. The number of fused-ring (bicyclic) bond motifs is 6. The van der Waals surface area contributed by atoms with Gasteiger partial charge in [-0.1, -0.05) is 66.7 Å². The molecule has 5 nitrogen and oxygen atoms in total. The summed E-state index contributed by atoms with van der Waals surface area (Å²) in [4.78, 5) is 11.1. The van der Waals surface area contributed by atoms with Crippen molar-refractivity contribution in [3.8, 4) is 33.6 Å². The molecule has 0 radical (unpaired) electrons. The van der Waals surface area contributed by atoms with E-state index in [2.05, 4.69) is 182 Å². The fourth-order valence-corrected chi connectivity index (χ4v) is 8.60. The lowest BCUT2D eigenvalue weighted by molar-refractivity contribution is 0.526. The van der Waals surface area contributed by atoms with Crippen molar-refractivity contribution >= 4 is 49.3 Å². The summed E-state index contributed by atoms with van der Waals surface area (Å²) in [5, 5.41) is 5.05. The summed E-state index contributed by atoms with van der Waals surface area (Å²) in [6, 6.07) is 57.6. The van der Waals surface area contributed by atoms with E-state index in [1.165, 1.54) is 82.8 Å². The van der Waals surface area contributed by atoms with Gasteiger partial charge in [-0.3, -0.25) is 9.97 Å². The van der Waals surface area contributed by atoms with Gasteiger partial charge in [-0.25, -0.2) is 0 Å². The molecule has 54 heavy (non-hydrogen) atoms. The average Bonchev–Trinajstić information content (AvgIpc) is 3.73. The number of hydrogen-bond donors (Lipinski definition) is 0. The first kappa shape index (κ1) is 30.6. The van der Waals surface area contributed by atoms with Crippen LogP contribution in [-0.2, 0) is 0 Å². The summed E-state index contributed by atoms with van der Waals surface area (Å²) in [5.41, 5.74) is 14.6. The van der Waals surface area contributed by atoms with Crippen LogP contribution in [0.4, 0.5) is 5.69 Å². The predicted molar refractivity (Wildman–Crippen MR) is 223 cm³/mol. The van der Waals surface area contributed by atoms with Crippen LogP contribution in [-0.4, -0.2) is 32.2 Å². The number of benzene rings is 6. The average molecular weight is 694 g/mol. The number of rotatable bonds is 6. The molecule has 10 aromatic rings. The van der Waals surface area contributed by atoms with Crippen LogP contribution in [0.2, 0.25) is 0 Å². The van der Waals surface area contributed by atoms with Crippen LogP contribution in [0.25, 0.3) is 77.2 Å². The van der Waals surface area contributed by atoms with E-state index in [4.69, 9.17) is 0 Å². The van der Waals surface area contributed by atoms with Crippen LogP contribution >= 0.6 is 0 Å². The van der Waals surface area contributed by atoms with Gasteiger partial charge in [0, 0.05) is 82.4 Å². The van der Waals surface area contributed by atoms with E-state index in [9.17, 15) is 0 Å². The Morgan fingerprint density at radius 1 is 0.370 bits per heavy atom. The van der Waals surface area contributed by atoms with Gasteiger partial charge in [-0.15, -0.1) is 0 Å². The van der Waals surface area contributed by atoms with Crippen LogP contribution in [0.15, 0.2) is 183 Å². The molecule has 0 spiro atoms. The molecule has 1 saturated heterocycles. The van der Waals surface area contributed by atoms with Crippen LogP contribution in [0.1, 0.15) is 11.5 Å². The first-order valence-corrected chi connectivity index (χ1v) is 18.6. The Balaban J connectivity index is 1.01. The molecular weight excluding hydrogens is 659 g/mol. The molecule has 0 amide bonds. The van der Waals surface area contributed by atoms with Crippen molar-refractivity contribution in [1.82, 2.24) is 19.1 Å². The first-order valence-electron chi connectivity index (χ1n) is 18.6. The van der Waals surface area contributed by atoms with Gasteiger partial charge in [0.2, 0.25) is 0 Å². The number of pyridine rings is 2. The van der Waals surface area contributed by atoms with Gasteiger partial charge >= 0.3 is 0 Å². The maximum absolute atomic E-state index is 4.26. The second-order valence-corrected chi connectivity index (χ2v) is 14.4. The highest BCUT2D eigenvalue weighted by Gasteiger charge is 2.30. The largest absolute Gasteiger partial charge is 0.370 e. The van der Waals surface area contributed by atoms with Crippen LogP contribution in [0.3, 0.4) is 0 Å². The normalized spacial score (nSPS) is 13.3. The Hall–Kier alpha value is -6.98. The topological polar surface area (TPSA) is 38.9 Å². The van der Waals surface area contributed by atoms with E-state index >= 15 is 0 Å². The Labute approximate surface area is 313 Å². The molecule has 256 valence electrons. The molecule has 1 fully saturated rings. The highest BCUT2D eigenvalue weighted by molar-refractivity contribution is 6.13. The zero-order chi connectivity index (χ0) is 35.6. The fourth-order valence-electron chi connectivity index (χ4n) is 8.60. The molecule has 1 aliphatic rings. The van der Waals surface area contributed by atoms with Crippen molar-refractivity contribution in [2.45, 2.75) is 5.92 Å². The minimum Gasteiger partial charge on any atom is -0.370 e. The summed E-state index contributed by atoms with van der Waals surface area (Å²) in [7, 11) is 0. The van der Waals surface area contributed by atoms with Gasteiger partial charge in [0.25, 0.3) is 0 Å². The zero-order valence-electron chi connectivity index (χ0n) is 29.5. The number of nitrogens with zero attached hydrogens (tertiary/aromatic N) is 5. The van der Waals surface area contributed by atoms with Crippen LogP contribution < -0.4 is 4.90 Å². The highest BCUT2D eigenvalue weighted by atomic mass is 15.2. The minimum absolute atomic E-state index is 0.427. The molecule has 0 N–H and O–H groups in total. The molecule has 11 rings (SSSR count). The third-order valence-corrected chi connectivity index (χ3v) is 11.3. The van der Waals surface area contributed by atoms with Crippen LogP contribution in [0.5, 0.6) is 0 Å². The van der Waals surface area contributed by atoms with E-state index in [0.29, 0.717) is 5.92 Å². The minimum atomic E-state index is 0.427. The summed E-state index contributed by atoms with van der Waals surface area (Å²) >= 11 is 0. The lowest BCUT2D eigenvalue weighted by Gasteiger charge is -2.41. The van der Waals surface area contributed by atoms with Gasteiger partial charge in [0.05, 0.1) is 22.1 Å². The number of hydrogen-bond acceptors (Lipinski definition) is 3. The van der Waals surface area contributed by atoms with Gasteiger partial charge in [-0.05, 0) is 119 Å². The van der Waals surface area contributed by atoms with E-state index in [0.717, 1.165) is 18.8 Å².